The number of piperidine rings is 1. The van der Waals surface area contributed by atoms with E-state index in [9.17, 15) is 9.90 Å². The fourth-order valence-corrected chi connectivity index (χ4v) is 5.57. The third-order valence-electron chi connectivity index (χ3n) is 7.25. The summed E-state index contributed by atoms with van der Waals surface area (Å²) < 4.78 is 0. The lowest BCUT2D eigenvalue weighted by atomic mass is 9.85. The molecule has 0 spiro atoms. The Morgan fingerprint density at radius 3 is 2.81 bits per heavy atom. The highest BCUT2D eigenvalue weighted by molar-refractivity contribution is 6.30. The normalized spacial score (nSPS) is 39.0. The van der Waals surface area contributed by atoms with Gasteiger partial charge >= 0.3 is 0 Å². The van der Waals surface area contributed by atoms with Gasteiger partial charge in [0.1, 0.15) is 6.29 Å². The molecule has 4 heterocycles. The van der Waals surface area contributed by atoms with Crippen LogP contribution in [0.3, 0.4) is 0 Å². The zero-order valence-corrected chi connectivity index (χ0v) is 19.2. The lowest BCUT2D eigenvalue weighted by Gasteiger charge is -2.47. The van der Waals surface area contributed by atoms with Gasteiger partial charge in [-0.05, 0) is 63.3 Å². The number of hydrogen-bond donors (Lipinski definition) is 5. The van der Waals surface area contributed by atoms with Crippen molar-refractivity contribution in [1.82, 2.24) is 26.0 Å². The minimum Gasteiger partial charge on any atom is -0.389 e. The summed E-state index contributed by atoms with van der Waals surface area (Å²) in [6.07, 6.45) is 8.25. The number of nitrogens with zero attached hydrogens (tertiary/aromatic N) is 2. The summed E-state index contributed by atoms with van der Waals surface area (Å²) in [4.78, 5) is 13.4. The summed E-state index contributed by atoms with van der Waals surface area (Å²) >= 11 is 6.02. The zero-order valence-electron chi connectivity index (χ0n) is 18.4. The first-order valence-corrected chi connectivity index (χ1v) is 12.0. The van der Waals surface area contributed by atoms with Crippen LogP contribution < -0.4 is 21.3 Å². The number of hydrazine groups is 1. The predicted octanol–water partition coefficient (Wildman–Crippen LogP) is 1.80. The molecule has 6 atom stereocenters. The van der Waals surface area contributed by atoms with E-state index in [2.05, 4.69) is 38.4 Å². The van der Waals surface area contributed by atoms with E-state index in [1.165, 1.54) is 0 Å². The number of anilines is 1. The summed E-state index contributed by atoms with van der Waals surface area (Å²) in [5.41, 5.74) is 0.174. The first-order valence-electron chi connectivity index (χ1n) is 11.7. The molecule has 0 aliphatic carbocycles. The van der Waals surface area contributed by atoms with Gasteiger partial charge in [-0.3, -0.25) is 25.8 Å². The number of carbonyl (C=O) groups excluding carboxylic acids is 1. The average molecular weight is 461 g/mol. The fraction of sp³-hybridized carbons (Fsp3) is 0.609. The third kappa shape index (κ3) is 4.27. The van der Waals surface area contributed by atoms with E-state index in [0.717, 1.165) is 31.4 Å². The lowest BCUT2D eigenvalue weighted by Crippen LogP contribution is -2.69. The molecule has 9 heteroatoms. The van der Waals surface area contributed by atoms with Gasteiger partial charge in [0.25, 0.3) is 0 Å². The maximum Gasteiger partial charge on any atom is 0.244 e. The lowest BCUT2D eigenvalue weighted by molar-refractivity contribution is -0.146. The smallest absolute Gasteiger partial charge is 0.244 e. The van der Waals surface area contributed by atoms with Crippen molar-refractivity contribution in [2.75, 3.05) is 18.4 Å². The summed E-state index contributed by atoms with van der Waals surface area (Å²) in [5, 5.41) is 30.1. The second-order valence-corrected chi connectivity index (χ2v) is 9.98. The van der Waals surface area contributed by atoms with Gasteiger partial charge < -0.3 is 10.4 Å². The SMILES string of the molecule is CC1(O)CC/C=C\CN2C(=O)C3CNC(Nc4ccc(Cl)cc4)NC3N2C2CCCC1N2. The minimum atomic E-state index is -0.776. The van der Waals surface area contributed by atoms with E-state index in [-0.39, 0.29) is 36.5 Å². The van der Waals surface area contributed by atoms with Crippen LogP contribution in [-0.4, -0.2) is 64.4 Å². The van der Waals surface area contributed by atoms with Crippen LogP contribution in [0, 0.1) is 5.92 Å². The van der Waals surface area contributed by atoms with Crippen LogP contribution in [-0.2, 0) is 4.79 Å². The third-order valence-corrected chi connectivity index (χ3v) is 7.50. The molecule has 1 amide bonds. The van der Waals surface area contributed by atoms with Crippen molar-refractivity contribution < 1.29 is 9.90 Å². The number of carbonyl (C=O) groups is 1. The Balaban J connectivity index is 1.39. The first-order chi connectivity index (χ1) is 15.4. The van der Waals surface area contributed by atoms with Crippen LogP contribution in [0.5, 0.6) is 0 Å². The molecule has 1 aromatic rings. The first kappa shape index (κ1) is 22.1. The Morgan fingerprint density at radius 2 is 2.00 bits per heavy atom. The molecule has 0 aromatic heterocycles. The van der Waals surface area contributed by atoms with E-state index < -0.39 is 5.60 Å². The second kappa shape index (κ2) is 8.93. The van der Waals surface area contributed by atoms with Crippen molar-refractivity contribution >= 4 is 23.2 Å². The fourth-order valence-electron chi connectivity index (χ4n) is 5.45. The number of amides is 1. The highest BCUT2D eigenvalue weighted by Crippen LogP contribution is 2.34. The van der Waals surface area contributed by atoms with Crippen molar-refractivity contribution in [3.8, 4) is 0 Å². The molecule has 174 valence electrons. The van der Waals surface area contributed by atoms with Crippen LogP contribution in [0.2, 0.25) is 5.02 Å². The van der Waals surface area contributed by atoms with E-state index in [1.807, 2.05) is 36.2 Å². The van der Waals surface area contributed by atoms with Crippen molar-refractivity contribution in [3.05, 3.63) is 41.4 Å². The number of allylic oxidation sites excluding steroid dienone is 1. The van der Waals surface area contributed by atoms with Gasteiger partial charge in [0.15, 0.2) is 0 Å². The average Bonchev–Trinajstić information content (AvgIpc) is 3.05. The maximum absolute atomic E-state index is 13.4. The van der Waals surface area contributed by atoms with Crippen molar-refractivity contribution in [2.45, 2.75) is 69.3 Å². The van der Waals surface area contributed by atoms with Crippen LogP contribution in [0.1, 0.15) is 39.0 Å². The number of halogens is 1. The summed E-state index contributed by atoms with van der Waals surface area (Å²) in [6.45, 7) is 3.07. The molecule has 32 heavy (non-hydrogen) atoms. The van der Waals surface area contributed by atoms with Crippen molar-refractivity contribution in [2.24, 2.45) is 5.92 Å². The second-order valence-electron chi connectivity index (χ2n) is 9.54. The molecule has 3 saturated heterocycles. The van der Waals surface area contributed by atoms with E-state index in [1.54, 1.807) is 0 Å². The van der Waals surface area contributed by atoms with Gasteiger partial charge in [0.2, 0.25) is 5.91 Å². The van der Waals surface area contributed by atoms with Gasteiger partial charge in [-0.1, -0.05) is 23.8 Å². The van der Waals surface area contributed by atoms with E-state index in [0.29, 0.717) is 24.5 Å². The van der Waals surface area contributed by atoms with E-state index >= 15 is 0 Å². The predicted molar refractivity (Wildman–Crippen MR) is 124 cm³/mol. The number of rotatable bonds is 2. The highest BCUT2D eigenvalue weighted by atomic mass is 35.5. The molecule has 4 aliphatic heterocycles. The Hall–Kier alpha value is -1.68. The molecule has 5 N–H and O–H groups in total. The van der Waals surface area contributed by atoms with Crippen LogP contribution in [0.15, 0.2) is 36.4 Å². The minimum absolute atomic E-state index is 0.00698. The van der Waals surface area contributed by atoms with Gasteiger partial charge in [0.05, 0.1) is 30.4 Å². The highest BCUT2D eigenvalue weighted by Gasteiger charge is 2.52. The molecule has 6 unspecified atom stereocenters. The standard InChI is InChI=1S/C23H33ClN6O2/c1-23(32)12-3-2-4-13-29-21(31)17-14-25-22(26-16-10-8-15(24)9-11-16)28-20(17)30(29)19-7-5-6-18(23)27-19/h2,4,8-11,17-20,22,25-28,32H,3,5-7,12-14H2,1H3/b4-2-. The quantitative estimate of drug-likeness (QED) is 0.430. The number of aliphatic hydroxyl groups is 1. The molecule has 1 aromatic carbocycles. The maximum atomic E-state index is 13.4. The number of nitrogens with one attached hydrogen (secondary N) is 4. The summed E-state index contributed by atoms with van der Waals surface area (Å²) in [6, 6.07) is 7.60. The van der Waals surface area contributed by atoms with Crippen molar-refractivity contribution in [1.29, 1.82) is 0 Å². The molecule has 3 fully saturated rings. The van der Waals surface area contributed by atoms with Gasteiger partial charge in [-0.25, -0.2) is 0 Å². The number of benzene rings is 1. The molecule has 8 nitrogen and oxygen atoms in total. The molecule has 0 saturated carbocycles. The molecular weight excluding hydrogens is 428 g/mol. The summed E-state index contributed by atoms with van der Waals surface area (Å²) in [5.74, 6) is -0.0307. The molecule has 5 rings (SSSR count). The van der Waals surface area contributed by atoms with Crippen molar-refractivity contribution in [3.63, 3.8) is 0 Å². The summed E-state index contributed by atoms with van der Waals surface area (Å²) in [7, 11) is 0. The van der Waals surface area contributed by atoms with Gasteiger partial charge in [-0.15, -0.1) is 0 Å². The van der Waals surface area contributed by atoms with Crippen LogP contribution in [0.4, 0.5) is 5.69 Å². The zero-order chi connectivity index (χ0) is 22.3. The molecule has 2 bridgehead atoms. The Labute approximate surface area is 194 Å². The molecule has 0 radical (unpaired) electrons. The van der Waals surface area contributed by atoms with Crippen LogP contribution in [0.25, 0.3) is 0 Å². The molecule has 4 aliphatic rings. The molecular formula is C23H33ClN6O2. The van der Waals surface area contributed by atoms with Gasteiger partial charge in [0, 0.05) is 23.3 Å². The Bertz CT molecular complexity index is 863. The monoisotopic (exact) mass is 460 g/mol. The topological polar surface area (TPSA) is 91.9 Å². The Kier molecular flexibility index (Phi) is 6.17. The van der Waals surface area contributed by atoms with Gasteiger partial charge in [-0.2, -0.15) is 5.01 Å². The number of hydrogen-bond acceptors (Lipinski definition) is 7. The Morgan fingerprint density at radius 1 is 1.19 bits per heavy atom. The van der Waals surface area contributed by atoms with E-state index in [4.69, 9.17) is 11.6 Å². The largest absolute Gasteiger partial charge is 0.389 e. The number of fused-ring (bicyclic) bond motifs is 6. The van der Waals surface area contributed by atoms with Crippen LogP contribution >= 0.6 is 11.6 Å².